The Morgan fingerprint density at radius 1 is 1.28 bits per heavy atom. The van der Waals surface area contributed by atoms with E-state index in [2.05, 4.69) is 17.2 Å². The highest BCUT2D eigenvalue weighted by Crippen LogP contribution is 2.37. The van der Waals surface area contributed by atoms with Gasteiger partial charge in [0.15, 0.2) is 5.17 Å². The molecule has 1 saturated carbocycles. The van der Waals surface area contributed by atoms with Gasteiger partial charge in [-0.05, 0) is 25.7 Å². The lowest BCUT2D eigenvalue weighted by molar-refractivity contribution is 0.130. The molecule has 1 spiro atoms. The van der Waals surface area contributed by atoms with Crippen molar-refractivity contribution in [3.05, 3.63) is 0 Å². The quantitative estimate of drug-likeness (QED) is 0.721. The summed E-state index contributed by atoms with van der Waals surface area (Å²) in [5.74, 6) is 1.22. The van der Waals surface area contributed by atoms with Crippen molar-refractivity contribution in [3.8, 4) is 0 Å². The molecule has 2 aliphatic rings. The number of unbranched alkanes of at least 4 members (excludes halogenated alkanes) is 1. The molecule has 0 amide bonds. The average molecular weight is 270 g/mol. The molecule has 1 N–H and O–H groups in total. The molecule has 2 rings (SSSR count). The molecule has 1 saturated heterocycles. The lowest BCUT2D eigenvalue weighted by Crippen LogP contribution is -2.40. The molecule has 0 atom stereocenters. The summed E-state index contributed by atoms with van der Waals surface area (Å²) >= 11 is 1.91. The highest BCUT2D eigenvalue weighted by Gasteiger charge is 2.39. The largest absolute Gasteiger partial charge is 0.381 e. The van der Waals surface area contributed by atoms with Gasteiger partial charge >= 0.3 is 0 Å². The fraction of sp³-hybridized carbons (Fsp3) is 0.929. The van der Waals surface area contributed by atoms with Crippen LogP contribution in [0.4, 0.5) is 0 Å². The lowest BCUT2D eigenvalue weighted by atomic mass is 10.0. The number of aliphatic imine (C=N–C) groups is 1. The average Bonchev–Trinajstić information content (AvgIpc) is 3.00. The Bertz CT molecular complexity index is 275. The number of rotatable bonds is 7. The molecule has 0 aromatic rings. The predicted octanol–water partition coefficient (Wildman–Crippen LogP) is 3.20. The zero-order valence-electron chi connectivity index (χ0n) is 11.5. The molecule has 1 heterocycles. The van der Waals surface area contributed by atoms with E-state index in [1.54, 1.807) is 0 Å². The van der Waals surface area contributed by atoms with E-state index in [0.29, 0.717) is 5.54 Å². The molecule has 0 radical (unpaired) electrons. The summed E-state index contributed by atoms with van der Waals surface area (Å²) in [5, 5.41) is 4.82. The van der Waals surface area contributed by atoms with E-state index in [9.17, 15) is 0 Å². The minimum absolute atomic E-state index is 0.404. The highest BCUT2D eigenvalue weighted by molar-refractivity contribution is 8.14. The summed E-state index contributed by atoms with van der Waals surface area (Å²) in [5.41, 5.74) is 0.404. The molecule has 2 fully saturated rings. The monoisotopic (exact) mass is 270 g/mol. The first-order valence-corrected chi connectivity index (χ1v) is 8.36. The van der Waals surface area contributed by atoms with Gasteiger partial charge in [-0.1, -0.05) is 37.9 Å². The third-order valence-corrected chi connectivity index (χ3v) is 4.96. The van der Waals surface area contributed by atoms with Gasteiger partial charge in [0.25, 0.3) is 0 Å². The van der Waals surface area contributed by atoms with Crippen molar-refractivity contribution in [1.82, 2.24) is 5.32 Å². The Balaban J connectivity index is 1.57. The molecule has 1 aliphatic carbocycles. The van der Waals surface area contributed by atoms with Gasteiger partial charge in [0.05, 0.1) is 0 Å². The standard InChI is InChI=1S/C14H26N2OS/c1-2-3-10-17-11-6-9-15-13-16-14(12-18-13)7-4-5-8-14/h2-12H2,1H3,(H,15,16). The second-order valence-corrected chi connectivity index (χ2v) is 6.37. The molecule has 104 valence electrons. The van der Waals surface area contributed by atoms with Crippen LogP contribution in [0.1, 0.15) is 51.9 Å². The summed E-state index contributed by atoms with van der Waals surface area (Å²) in [4.78, 5) is 4.65. The first-order chi connectivity index (χ1) is 8.85. The van der Waals surface area contributed by atoms with Crippen LogP contribution in [-0.2, 0) is 4.74 Å². The van der Waals surface area contributed by atoms with Crippen molar-refractivity contribution in [2.45, 2.75) is 57.4 Å². The van der Waals surface area contributed by atoms with Crippen LogP contribution in [0, 0.1) is 0 Å². The molecule has 0 bridgehead atoms. The fourth-order valence-corrected chi connectivity index (χ4v) is 3.85. The van der Waals surface area contributed by atoms with Crippen molar-refractivity contribution < 1.29 is 4.74 Å². The number of thioether (sulfide) groups is 1. The zero-order chi connectivity index (χ0) is 12.7. The van der Waals surface area contributed by atoms with E-state index in [4.69, 9.17) is 4.74 Å². The Kier molecular flexibility index (Phi) is 5.83. The Hall–Kier alpha value is -0.220. The van der Waals surface area contributed by atoms with Crippen molar-refractivity contribution in [1.29, 1.82) is 0 Å². The van der Waals surface area contributed by atoms with Crippen molar-refractivity contribution in [2.75, 3.05) is 25.5 Å². The van der Waals surface area contributed by atoms with Gasteiger partial charge in [-0.2, -0.15) is 0 Å². The van der Waals surface area contributed by atoms with Gasteiger partial charge < -0.3 is 10.1 Å². The third-order valence-electron chi connectivity index (χ3n) is 3.76. The van der Waals surface area contributed by atoms with Crippen molar-refractivity contribution in [2.24, 2.45) is 4.99 Å². The molecular weight excluding hydrogens is 244 g/mol. The molecule has 0 aromatic carbocycles. The van der Waals surface area contributed by atoms with Crippen molar-refractivity contribution in [3.63, 3.8) is 0 Å². The molecule has 0 unspecified atom stereocenters. The number of amidine groups is 1. The van der Waals surface area contributed by atoms with E-state index in [-0.39, 0.29) is 0 Å². The summed E-state index contributed by atoms with van der Waals surface area (Å²) in [6.07, 6.45) is 8.86. The SMILES string of the molecule is CCCCOCCCN=C1NC2(CCCC2)CS1. The lowest BCUT2D eigenvalue weighted by Gasteiger charge is -2.21. The topological polar surface area (TPSA) is 33.6 Å². The van der Waals surface area contributed by atoms with Crippen LogP contribution in [0.25, 0.3) is 0 Å². The van der Waals surface area contributed by atoms with Gasteiger partial charge in [0, 0.05) is 31.1 Å². The number of nitrogens with zero attached hydrogens (tertiary/aromatic N) is 1. The molecule has 1 aliphatic heterocycles. The van der Waals surface area contributed by atoms with Gasteiger partial charge in [0.2, 0.25) is 0 Å². The first-order valence-electron chi connectivity index (χ1n) is 7.38. The minimum atomic E-state index is 0.404. The molecule has 0 aromatic heterocycles. The van der Waals surface area contributed by atoms with Crippen LogP contribution in [0.3, 0.4) is 0 Å². The summed E-state index contributed by atoms with van der Waals surface area (Å²) in [7, 11) is 0. The molecular formula is C14H26N2OS. The van der Waals surface area contributed by atoms with E-state index >= 15 is 0 Å². The second-order valence-electron chi connectivity index (χ2n) is 5.41. The Labute approximate surface area is 115 Å². The first kappa shape index (κ1) is 14.2. The van der Waals surface area contributed by atoms with Crippen LogP contribution in [0.15, 0.2) is 4.99 Å². The molecule has 3 nitrogen and oxygen atoms in total. The van der Waals surface area contributed by atoms with E-state index in [1.807, 2.05) is 11.8 Å². The maximum atomic E-state index is 5.54. The predicted molar refractivity (Wildman–Crippen MR) is 79.4 cm³/mol. The van der Waals surface area contributed by atoms with Crippen LogP contribution >= 0.6 is 11.8 Å². The number of hydrogen-bond donors (Lipinski definition) is 1. The van der Waals surface area contributed by atoms with E-state index in [0.717, 1.165) is 26.2 Å². The fourth-order valence-electron chi connectivity index (χ4n) is 2.61. The van der Waals surface area contributed by atoms with Crippen molar-refractivity contribution >= 4 is 16.9 Å². The third kappa shape index (κ3) is 4.16. The summed E-state index contributed by atoms with van der Waals surface area (Å²) in [6, 6.07) is 0. The smallest absolute Gasteiger partial charge is 0.157 e. The summed E-state index contributed by atoms with van der Waals surface area (Å²) in [6.45, 7) is 4.85. The Morgan fingerprint density at radius 3 is 2.83 bits per heavy atom. The van der Waals surface area contributed by atoms with Gasteiger partial charge in [-0.3, -0.25) is 4.99 Å². The highest BCUT2D eigenvalue weighted by atomic mass is 32.2. The van der Waals surface area contributed by atoms with E-state index in [1.165, 1.54) is 49.4 Å². The normalized spacial score (nSPS) is 23.9. The molecule has 4 heteroatoms. The van der Waals surface area contributed by atoms with Crippen LogP contribution < -0.4 is 5.32 Å². The van der Waals surface area contributed by atoms with E-state index < -0.39 is 0 Å². The number of nitrogens with one attached hydrogen (secondary N) is 1. The Morgan fingerprint density at radius 2 is 2.06 bits per heavy atom. The zero-order valence-corrected chi connectivity index (χ0v) is 12.4. The van der Waals surface area contributed by atoms with Gasteiger partial charge in [0.1, 0.15) is 0 Å². The molecule has 18 heavy (non-hydrogen) atoms. The van der Waals surface area contributed by atoms with Crippen LogP contribution in [-0.4, -0.2) is 36.2 Å². The number of hydrogen-bond acceptors (Lipinski definition) is 3. The maximum Gasteiger partial charge on any atom is 0.157 e. The van der Waals surface area contributed by atoms with Gasteiger partial charge in [-0.25, -0.2) is 0 Å². The minimum Gasteiger partial charge on any atom is -0.381 e. The summed E-state index contributed by atoms with van der Waals surface area (Å²) < 4.78 is 5.54. The van der Waals surface area contributed by atoms with Crippen LogP contribution in [0.2, 0.25) is 0 Å². The van der Waals surface area contributed by atoms with Crippen LogP contribution in [0.5, 0.6) is 0 Å². The second kappa shape index (κ2) is 7.39. The number of ether oxygens (including phenoxy) is 1. The van der Waals surface area contributed by atoms with Gasteiger partial charge in [-0.15, -0.1) is 0 Å². The maximum absolute atomic E-state index is 5.54.